The van der Waals surface area contributed by atoms with E-state index >= 15 is 0 Å². The first-order valence-corrected chi connectivity index (χ1v) is 12.7. The van der Waals surface area contributed by atoms with E-state index in [9.17, 15) is 26.7 Å². The monoisotopic (exact) mass is 586 g/mol. The van der Waals surface area contributed by atoms with Gasteiger partial charge in [-0.25, -0.2) is 22.0 Å². The van der Waals surface area contributed by atoms with Crippen LogP contribution in [-0.4, -0.2) is 18.2 Å². The Morgan fingerprint density at radius 1 is 0.902 bits per heavy atom. The van der Waals surface area contributed by atoms with Crippen LogP contribution in [0.5, 0.6) is 11.5 Å². The van der Waals surface area contributed by atoms with Gasteiger partial charge >= 0.3 is 0 Å². The highest BCUT2D eigenvalue weighted by Crippen LogP contribution is 2.39. The number of hydrogen-bond donors (Lipinski definition) is 0. The van der Waals surface area contributed by atoms with Gasteiger partial charge in [-0.15, -0.1) is 0 Å². The average molecular weight is 587 g/mol. The number of carbonyl (C=O) groups is 1. The molecule has 0 aromatic heterocycles. The average Bonchev–Trinajstić information content (AvgIpc) is 3.23. The summed E-state index contributed by atoms with van der Waals surface area (Å²) in [7, 11) is 0. The van der Waals surface area contributed by atoms with Crippen LogP contribution in [0.2, 0.25) is 5.02 Å². The lowest BCUT2D eigenvalue weighted by atomic mass is 10.1. The largest absolute Gasteiger partial charge is 0.490 e. The van der Waals surface area contributed by atoms with E-state index in [0.717, 1.165) is 16.3 Å². The normalized spacial score (nSPS) is 14.2. The van der Waals surface area contributed by atoms with Crippen molar-refractivity contribution in [2.24, 2.45) is 5.10 Å². The molecule has 0 saturated heterocycles. The van der Waals surface area contributed by atoms with Crippen molar-refractivity contribution in [3.8, 4) is 11.5 Å². The molecule has 0 spiro atoms. The minimum absolute atomic E-state index is 0.0238. The van der Waals surface area contributed by atoms with E-state index in [1.165, 1.54) is 19.1 Å². The Kier molecular flexibility index (Phi) is 7.68. The number of fused-ring (bicyclic) bond motifs is 1. The summed E-state index contributed by atoms with van der Waals surface area (Å²) in [5, 5.41) is 6.10. The molecule has 0 N–H and O–H groups in total. The van der Waals surface area contributed by atoms with Crippen LogP contribution >= 0.6 is 11.6 Å². The molecule has 1 heterocycles. The molecule has 0 unspecified atom stereocenters. The van der Waals surface area contributed by atoms with Crippen LogP contribution in [0.1, 0.15) is 25.0 Å². The van der Waals surface area contributed by atoms with E-state index < -0.39 is 40.7 Å². The third-order valence-electron chi connectivity index (χ3n) is 6.36. The molecule has 1 aliphatic heterocycles. The number of carbonyl (C=O) groups excluding carboxylic acids is 1. The van der Waals surface area contributed by atoms with Crippen molar-refractivity contribution in [1.29, 1.82) is 0 Å². The van der Waals surface area contributed by atoms with Gasteiger partial charge in [-0.2, -0.15) is 10.1 Å². The number of halogens is 6. The molecular weight excluding hydrogens is 567 g/mol. The van der Waals surface area contributed by atoms with Crippen molar-refractivity contribution < 1.29 is 36.2 Å². The Hall–Kier alpha value is -4.44. The number of nitrogens with zero attached hydrogens (tertiary/aromatic N) is 2. The third-order valence-corrected chi connectivity index (χ3v) is 6.64. The molecule has 1 aliphatic rings. The van der Waals surface area contributed by atoms with Crippen molar-refractivity contribution >= 4 is 45.8 Å². The predicted molar refractivity (Wildman–Crippen MR) is 146 cm³/mol. The topological polar surface area (TPSA) is 51.1 Å². The summed E-state index contributed by atoms with van der Waals surface area (Å²) < 4.78 is 81.6. The summed E-state index contributed by atoms with van der Waals surface area (Å²) in [5.74, 6) is -11.7. The minimum Gasteiger partial charge on any atom is -0.490 e. The Labute approximate surface area is 236 Å². The zero-order chi connectivity index (χ0) is 29.4. The summed E-state index contributed by atoms with van der Waals surface area (Å²) in [6.07, 6.45) is 1.32. The van der Waals surface area contributed by atoms with E-state index in [4.69, 9.17) is 21.1 Å². The van der Waals surface area contributed by atoms with Crippen LogP contribution in [0.4, 0.5) is 27.6 Å². The molecule has 4 aromatic rings. The number of hydrogen-bond acceptors (Lipinski definition) is 4. The summed E-state index contributed by atoms with van der Waals surface area (Å²) in [5.41, 5.74) is -0.391. The van der Waals surface area contributed by atoms with Crippen molar-refractivity contribution in [3.05, 3.63) is 105 Å². The van der Waals surface area contributed by atoms with Gasteiger partial charge in [-0.05, 0) is 54.0 Å². The van der Waals surface area contributed by atoms with Gasteiger partial charge in [-0.1, -0.05) is 54.1 Å². The molecule has 0 fully saturated rings. The van der Waals surface area contributed by atoms with E-state index in [-0.39, 0.29) is 46.0 Å². The Bertz CT molecular complexity index is 1740. The number of ether oxygens (including phenoxy) is 2. The maximum Gasteiger partial charge on any atom is 0.280 e. The van der Waals surface area contributed by atoms with Gasteiger partial charge in [0.25, 0.3) is 5.91 Å². The Morgan fingerprint density at radius 2 is 1.56 bits per heavy atom. The summed E-state index contributed by atoms with van der Waals surface area (Å²) in [6, 6.07) is 16.7. The van der Waals surface area contributed by atoms with Crippen LogP contribution in [-0.2, 0) is 11.4 Å². The molecule has 0 saturated carbocycles. The molecule has 0 bridgehead atoms. The van der Waals surface area contributed by atoms with E-state index in [2.05, 4.69) is 5.10 Å². The molecule has 0 aliphatic carbocycles. The first-order chi connectivity index (χ1) is 19.6. The fourth-order valence-electron chi connectivity index (χ4n) is 4.42. The van der Waals surface area contributed by atoms with Crippen LogP contribution in [0.25, 0.3) is 16.8 Å². The second-order valence-electron chi connectivity index (χ2n) is 8.97. The zero-order valence-corrected chi connectivity index (χ0v) is 22.3. The molecule has 0 radical (unpaired) electrons. The third kappa shape index (κ3) is 5.11. The Balaban J connectivity index is 1.47. The highest BCUT2D eigenvalue weighted by atomic mass is 35.5. The number of rotatable bonds is 7. The van der Waals surface area contributed by atoms with Crippen LogP contribution in [0.15, 0.2) is 65.3 Å². The molecule has 5 nitrogen and oxygen atoms in total. The molecule has 0 atom stereocenters. The van der Waals surface area contributed by atoms with Gasteiger partial charge in [0.1, 0.15) is 12.3 Å². The van der Waals surface area contributed by atoms with Gasteiger partial charge in [-0.3, -0.25) is 4.79 Å². The van der Waals surface area contributed by atoms with E-state index in [0.29, 0.717) is 5.56 Å². The molecule has 41 heavy (non-hydrogen) atoms. The number of hydrazone groups is 1. The fraction of sp³-hybridized carbons (Fsp3) is 0.133. The summed E-state index contributed by atoms with van der Waals surface area (Å²) in [6.45, 7) is 3.55. The lowest BCUT2D eigenvalue weighted by Crippen LogP contribution is -2.25. The highest BCUT2D eigenvalue weighted by molar-refractivity contribution is 6.33. The van der Waals surface area contributed by atoms with Crippen molar-refractivity contribution in [2.45, 2.75) is 20.5 Å². The summed E-state index contributed by atoms with van der Waals surface area (Å²) >= 11 is 6.55. The lowest BCUT2D eigenvalue weighted by molar-refractivity contribution is -0.114. The van der Waals surface area contributed by atoms with E-state index in [1.807, 2.05) is 42.5 Å². The summed E-state index contributed by atoms with van der Waals surface area (Å²) in [4.78, 5) is 13.0. The zero-order valence-electron chi connectivity index (χ0n) is 21.6. The van der Waals surface area contributed by atoms with Crippen LogP contribution < -0.4 is 14.5 Å². The number of amides is 1. The number of anilines is 1. The van der Waals surface area contributed by atoms with Gasteiger partial charge in [0.2, 0.25) is 5.82 Å². The van der Waals surface area contributed by atoms with Crippen molar-refractivity contribution in [3.63, 3.8) is 0 Å². The Morgan fingerprint density at radius 3 is 2.27 bits per heavy atom. The van der Waals surface area contributed by atoms with Gasteiger partial charge < -0.3 is 9.47 Å². The molecule has 4 aromatic carbocycles. The number of benzene rings is 4. The standard InChI is InChI=1S/C30H20ClF5N2O3/c1-3-40-22-13-16(12-21(31)29(22)41-14-18-9-6-8-17-7-4-5-10-19(17)18)11-20-15(2)37-38(30(20)39)28-26(35)24(33)23(32)25(34)27(28)36/h4-13H,3,14H2,1-2H3/b20-11+. The van der Waals surface area contributed by atoms with Crippen molar-refractivity contribution in [1.82, 2.24) is 0 Å². The second kappa shape index (κ2) is 11.2. The molecule has 210 valence electrons. The minimum atomic E-state index is -2.34. The SMILES string of the molecule is CCOc1cc(/C=C2/C(=O)N(c3c(F)c(F)c(F)c(F)c3F)N=C2C)cc(Cl)c1OCc1cccc2ccccc12. The van der Waals surface area contributed by atoms with Crippen molar-refractivity contribution in [2.75, 3.05) is 11.6 Å². The fourth-order valence-corrected chi connectivity index (χ4v) is 4.70. The maximum atomic E-state index is 14.4. The van der Waals surface area contributed by atoms with Crippen LogP contribution in [0, 0.1) is 29.1 Å². The first-order valence-electron chi connectivity index (χ1n) is 12.3. The second-order valence-corrected chi connectivity index (χ2v) is 9.38. The molecule has 1 amide bonds. The predicted octanol–water partition coefficient (Wildman–Crippen LogP) is 7.97. The highest BCUT2D eigenvalue weighted by Gasteiger charge is 2.37. The van der Waals surface area contributed by atoms with Crippen LogP contribution in [0.3, 0.4) is 0 Å². The molecular formula is C30H20ClF5N2O3. The van der Waals surface area contributed by atoms with Gasteiger partial charge in [0, 0.05) is 0 Å². The lowest BCUT2D eigenvalue weighted by Gasteiger charge is -2.16. The van der Waals surface area contributed by atoms with E-state index in [1.54, 1.807) is 13.0 Å². The quantitative estimate of drug-likeness (QED) is 0.0955. The molecule has 11 heteroatoms. The maximum absolute atomic E-state index is 14.4. The van der Waals surface area contributed by atoms with Gasteiger partial charge in [0.05, 0.1) is 22.9 Å². The smallest absolute Gasteiger partial charge is 0.280 e. The first kappa shape index (κ1) is 28.1. The van der Waals surface area contributed by atoms with Gasteiger partial charge in [0.15, 0.2) is 34.8 Å². The molecule has 5 rings (SSSR count).